The SMILES string of the molecule is CCN(CCc1ccccc1)C(=O)CC1(CN)CCC1. The molecule has 0 saturated heterocycles. The molecule has 0 spiro atoms. The first-order valence-electron chi connectivity index (χ1n) is 7.71. The first-order chi connectivity index (χ1) is 9.69. The number of nitrogens with zero attached hydrogens (tertiary/aromatic N) is 1. The molecule has 0 atom stereocenters. The average Bonchev–Trinajstić information content (AvgIpc) is 2.44. The maximum absolute atomic E-state index is 12.4. The van der Waals surface area contributed by atoms with Crippen LogP contribution in [-0.4, -0.2) is 30.4 Å². The summed E-state index contributed by atoms with van der Waals surface area (Å²) in [6.07, 6.45) is 5.01. The Labute approximate surface area is 122 Å². The number of carbonyl (C=O) groups excluding carboxylic acids is 1. The van der Waals surface area contributed by atoms with Crippen molar-refractivity contribution in [3.63, 3.8) is 0 Å². The van der Waals surface area contributed by atoms with Gasteiger partial charge in [-0.25, -0.2) is 0 Å². The molecule has 1 amide bonds. The average molecular weight is 274 g/mol. The minimum Gasteiger partial charge on any atom is -0.343 e. The molecule has 2 N–H and O–H groups in total. The molecular weight excluding hydrogens is 248 g/mol. The predicted molar refractivity (Wildman–Crippen MR) is 82.4 cm³/mol. The molecule has 1 aromatic rings. The molecule has 110 valence electrons. The third-order valence-corrected chi connectivity index (χ3v) is 4.62. The number of rotatable bonds is 7. The molecule has 0 radical (unpaired) electrons. The molecule has 3 heteroatoms. The third kappa shape index (κ3) is 3.60. The molecule has 0 heterocycles. The Morgan fingerprint density at radius 3 is 2.50 bits per heavy atom. The van der Waals surface area contributed by atoms with Crippen molar-refractivity contribution in [2.45, 2.75) is 39.0 Å². The van der Waals surface area contributed by atoms with Crippen molar-refractivity contribution in [2.24, 2.45) is 11.1 Å². The van der Waals surface area contributed by atoms with E-state index in [4.69, 9.17) is 5.73 Å². The third-order valence-electron chi connectivity index (χ3n) is 4.62. The lowest BCUT2D eigenvalue weighted by Gasteiger charge is -2.41. The van der Waals surface area contributed by atoms with E-state index in [-0.39, 0.29) is 11.3 Å². The van der Waals surface area contributed by atoms with Gasteiger partial charge in [0, 0.05) is 19.5 Å². The number of hydrogen-bond donors (Lipinski definition) is 1. The lowest BCUT2D eigenvalue weighted by Crippen LogP contribution is -2.43. The minimum atomic E-state index is 0.108. The van der Waals surface area contributed by atoms with Crippen LogP contribution in [0.25, 0.3) is 0 Å². The second-order valence-corrected chi connectivity index (χ2v) is 5.94. The molecule has 0 aromatic heterocycles. The van der Waals surface area contributed by atoms with Crippen molar-refractivity contribution in [1.82, 2.24) is 4.90 Å². The maximum Gasteiger partial charge on any atom is 0.223 e. The van der Waals surface area contributed by atoms with Crippen LogP contribution >= 0.6 is 0 Å². The quantitative estimate of drug-likeness (QED) is 0.830. The minimum absolute atomic E-state index is 0.108. The zero-order valence-electron chi connectivity index (χ0n) is 12.5. The maximum atomic E-state index is 12.4. The second kappa shape index (κ2) is 6.89. The molecule has 1 fully saturated rings. The smallest absolute Gasteiger partial charge is 0.223 e. The van der Waals surface area contributed by atoms with Crippen molar-refractivity contribution >= 4 is 5.91 Å². The Hall–Kier alpha value is -1.35. The first kappa shape index (κ1) is 15.0. The van der Waals surface area contributed by atoms with E-state index >= 15 is 0 Å². The normalized spacial score (nSPS) is 16.5. The van der Waals surface area contributed by atoms with Gasteiger partial charge < -0.3 is 10.6 Å². The van der Waals surface area contributed by atoms with Crippen molar-refractivity contribution in [1.29, 1.82) is 0 Å². The Morgan fingerprint density at radius 2 is 2.00 bits per heavy atom. The van der Waals surface area contributed by atoms with Crippen LogP contribution in [0, 0.1) is 5.41 Å². The zero-order valence-corrected chi connectivity index (χ0v) is 12.5. The second-order valence-electron chi connectivity index (χ2n) is 5.94. The molecule has 1 aliphatic rings. The van der Waals surface area contributed by atoms with Crippen LogP contribution in [0.2, 0.25) is 0 Å². The summed E-state index contributed by atoms with van der Waals surface area (Å²) >= 11 is 0. The van der Waals surface area contributed by atoms with Crippen molar-refractivity contribution < 1.29 is 4.79 Å². The summed E-state index contributed by atoms with van der Waals surface area (Å²) in [4.78, 5) is 14.4. The lowest BCUT2D eigenvalue weighted by atomic mass is 9.66. The fourth-order valence-corrected chi connectivity index (χ4v) is 2.93. The van der Waals surface area contributed by atoms with E-state index < -0.39 is 0 Å². The Bertz CT molecular complexity index is 420. The fourth-order valence-electron chi connectivity index (χ4n) is 2.93. The van der Waals surface area contributed by atoms with Gasteiger partial charge in [-0.05, 0) is 43.7 Å². The van der Waals surface area contributed by atoms with Crippen LogP contribution in [0.5, 0.6) is 0 Å². The molecule has 1 aromatic carbocycles. The Kier molecular flexibility index (Phi) is 5.18. The van der Waals surface area contributed by atoms with Gasteiger partial charge in [-0.15, -0.1) is 0 Å². The van der Waals surface area contributed by atoms with Gasteiger partial charge in [-0.2, -0.15) is 0 Å². The highest BCUT2D eigenvalue weighted by atomic mass is 16.2. The van der Waals surface area contributed by atoms with Crippen molar-refractivity contribution in [3.8, 4) is 0 Å². The van der Waals surface area contributed by atoms with E-state index in [0.29, 0.717) is 13.0 Å². The van der Waals surface area contributed by atoms with Crippen LogP contribution in [-0.2, 0) is 11.2 Å². The van der Waals surface area contributed by atoms with Gasteiger partial charge in [0.1, 0.15) is 0 Å². The summed E-state index contributed by atoms with van der Waals surface area (Å²) in [5, 5.41) is 0. The van der Waals surface area contributed by atoms with Crippen LogP contribution in [0.3, 0.4) is 0 Å². The van der Waals surface area contributed by atoms with E-state index in [0.717, 1.165) is 32.4 Å². The Balaban J connectivity index is 1.86. The standard InChI is InChI=1S/C17H26N2O/c1-2-19(12-9-15-7-4-3-5-8-15)16(20)13-17(14-18)10-6-11-17/h3-5,7-8H,2,6,9-14,18H2,1H3. The summed E-state index contributed by atoms with van der Waals surface area (Å²) in [5.41, 5.74) is 7.25. The van der Waals surface area contributed by atoms with Crippen LogP contribution in [0.15, 0.2) is 30.3 Å². The number of nitrogens with two attached hydrogens (primary N) is 1. The molecule has 2 rings (SSSR count). The molecule has 0 aliphatic heterocycles. The van der Waals surface area contributed by atoms with Crippen molar-refractivity contribution in [2.75, 3.05) is 19.6 Å². The summed E-state index contributed by atoms with van der Waals surface area (Å²) in [5.74, 6) is 0.272. The Morgan fingerprint density at radius 1 is 1.30 bits per heavy atom. The van der Waals surface area contributed by atoms with E-state index in [9.17, 15) is 4.79 Å². The summed E-state index contributed by atoms with van der Waals surface area (Å²) < 4.78 is 0. The number of hydrogen-bond acceptors (Lipinski definition) is 2. The highest BCUT2D eigenvalue weighted by Crippen LogP contribution is 2.43. The van der Waals surface area contributed by atoms with Gasteiger partial charge in [0.05, 0.1) is 0 Å². The van der Waals surface area contributed by atoms with Gasteiger partial charge in [0.15, 0.2) is 0 Å². The van der Waals surface area contributed by atoms with E-state index in [2.05, 4.69) is 19.1 Å². The van der Waals surface area contributed by atoms with Crippen LogP contribution < -0.4 is 5.73 Å². The molecule has 0 unspecified atom stereocenters. The fraction of sp³-hybridized carbons (Fsp3) is 0.588. The van der Waals surface area contributed by atoms with Crippen LogP contribution in [0.4, 0.5) is 0 Å². The van der Waals surface area contributed by atoms with Crippen molar-refractivity contribution in [3.05, 3.63) is 35.9 Å². The number of likely N-dealkylation sites (N-methyl/N-ethyl adjacent to an activating group) is 1. The topological polar surface area (TPSA) is 46.3 Å². The summed E-state index contributed by atoms with van der Waals surface area (Å²) in [7, 11) is 0. The van der Waals surface area contributed by atoms with Gasteiger partial charge >= 0.3 is 0 Å². The molecule has 3 nitrogen and oxygen atoms in total. The zero-order chi connectivity index (χ0) is 14.4. The van der Waals surface area contributed by atoms with Gasteiger partial charge in [-0.3, -0.25) is 4.79 Å². The van der Waals surface area contributed by atoms with Gasteiger partial charge in [0.2, 0.25) is 5.91 Å². The van der Waals surface area contributed by atoms with E-state index in [1.165, 1.54) is 12.0 Å². The highest BCUT2D eigenvalue weighted by Gasteiger charge is 2.38. The molecule has 0 bridgehead atoms. The number of carbonyl (C=O) groups is 1. The molecular formula is C17H26N2O. The lowest BCUT2D eigenvalue weighted by molar-refractivity contribution is -0.134. The summed E-state index contributed by atoms with van der Waals surface area (Å²) in [6.45, 7) is 4.29. The number of benzene rings is 1. The van der Waals surface area contributed by atoms with Gasteiger partial charge in [0.25, 0.3) is 0 Å². The molecule has 1 aliphatic carbocycles. The first-order valence-corrected chi connectivity index (χ1v) is 7.71. The molecule has 20 heavy (non-hydrogen) atoms. The van der Waals surface area contributed by atoms with Crippen LogP contribution in [0.1, 0.15) is 38.2 Å². The monoisotopic (exact) mass is 274 g/mol. The largest absolute Gasteiger partial charge is 0.343 e. The highest BCUT2D eigenvalue weighted by molar-refractivity contribution is 5.77. The molecule has 1 saturated carbocycles. The number of amides is 1. The predicted octanol–water partition coefficient (Wildman–Crippen LogP) is 2.60. The summed E-state index contributed by atoms with van der Waals surface area (Å²) in [6, 6.07) is 10.3. The van der Waals surface area contributed by atoms with Gasteiger partial charge in [-0.1, -0.05) is 36.8 Å². The van der Waals surface area contributed by atoms with E-state index in [1.807, 2.05) is 23.1 Å². The van der Waals surface area contributed by atoms with E-state index in [1.54, 1.807) is 0 Å².